The van der Waals surface area contributed by atoms with E-state index in [9.17, 15) is 9.59 Å². The number of nitrogens with one attached hydrogen (secondary N) is 1. The van der Waals surface area contributed by atoms with Crippen LogP contribution in [0.3, 0.4) is 0 Å². The lowest BCUT2D eigenvalue weighted by Crippen LogP contribution is -2.47. The minimum Gasteiger partial charge on any atom is -0.481 e. The Bertz CT molecular complexity index is 436. The van der Waals surface area contributed by atoms with Gasteiger partial charge >= 0.3 is 12.0 Å². The summed E-state index contributed by atoms with van der Waals surface area (Å²) >= 11 is 1.11. The zero-order valence-corrected chi connectivity index (χ0v) is 10.7. The number of carboxylic acids is 1. The number of aromatic nitrogens is 2. The smallest absolute Gasteiger partial charge is 0.322 e. The largest absolute Gasteiger partial charge is 0.481 e. The molecule has 98 valence electrons. The van der Waals surface area contributed by atoms with E-state index in [2.05, 4.69) is 14.9 Å². The van der Waals surface area contributed by atoms with Crippen LogP contribution >= 0.6 is 11.5 Å². The number of hydrogen-bond acceptors (Lipinski definition) is 5. The van der Waals surface area contributed by atoms with Crippen molar-refractivity contribution in [1.29, 1.82) is 0 Å². The fraction of sp³-hybridized carbons (Fsp3) is 0.600. The monoisotopic (exact) mass is 270 g/mol. The molecule has 2 N–H and O–H groups in total. The number of carbonyl (C=O) groups is 2. The van der Waals surface area contributed by atoms with Crippen molar-refractivity contribution in [2.45, 2.75) is 25.8 Å². The van der Waals surface area contributed by atoms with Crippen molar-refractivity contribution in [2.24, 2.45) is 5.92 Å². The maximum absolute atomic E-state index is 12.0. The summed E-state index contributed by atoms with van der Waals surface area (Å²) in [5.74, 6) is -1.14. The lowest BCUT2D eigenvalue weighted by atomic mass is 9.92. The van der Waals surface area contributed by atoms with Crippen LogP contribution in [0.4, 0.5) is 9.80 Å². The Kier molecular flexibility index (Phi) is 3.75. The topological polar surface area (TPSA) is 95.4 Å². The van der Waals surface area contributed by atoms with Gasteiger partial charge in [0, 0.05) is 24.1 Å². The van der Waals surface area contributed by atoms with Gasteiger partial charge in [0.25, 0.3) is 0 Å². The van der Waals surface area contributed by atoms with E-state index in [1.54, 1.807) is 4.90 Å². The standard InChI is InChI=1S/C10H14N4O3S/c1-6-4-7(9(15)16)2-3-14(6)10(17)12-8-5-11-13-18-8/h5-7H,2-4H2,1H3,(H,12,17)(H,15,16). The van der Waals surface area contributed by atoms with E-state index in [1.165, 1.54) is 6.20 Å². The van der Waals surface area contributed by atoms with Gasteiger partial charge in [0.2, 0.25) is 0 Å². The van der Waals surface area contributed by atoms with Gasteiger partial charge in [0.05, 0.1) is 12.1 Å². The molecule has 1 saturated heterocycles. The fourth-order valence-electron chi connectivity index (χ4n) is 2.10. The Balaban J connectivity index is 1.94. The average molecular weight is 270 g/mol. The molecule has 2 unspecified atom stereocenters. The van der Waals surface area contributed by atoms with Crippen LogP contribution in [0.5, 0.6) is 0 Å². The van der Waals surface area contributed by atoms with E-state index in [1.807, 2.05) is 6.92 Å². The molecule has 2 atom stereocenters. The zero-order valence-electron chi connectivity index (χ0n) is 9.87. The SMILES string of the molecule is CC1CC(C(=O)O)CCN1C(=O)Nc1cnns1. The molecule has 1 fully saturated rings. The number of piperidine rings is 1. The molecule has 2 amide bonds. The van der Waals surface area contributed by atoms with Crippen LogP contribution in [0.1, 0.15) is 19.8 Å². The summed E-state index contributed by atoms with van der Waals surface area (Å²) in [6.07, 6.45) is 2.47. The van der Waals surface area contributed by atoms with E-state index in [0.717, 1.165) is 11.5 Å². The maximum atomic E-state index is 12.0. The molecular formula is C10H14N4O3S. The third kappa shape index (κ3) is 2.76. The first-order valence-electron chi connectivity index (χ1n) is 5.65. The third-order valence-corrected chi connectivity index (χ3v) is 3.66. The molecule has 8 heteroatoms. The molecule has 2 rings (SSSR count). The molecule has 0 bridgehead atoms. The normalized spacial score (nSPS) is 23.7. The predicted octanol–water partition coefficient (Wildman–Crippen LogP) is 1.26. The van der Waals surface area contributed by atoms with Gasteiger partial charge in [0.1, 0.15) is 5.00 Å². The second kappa shape index (κ2) is 5.30. The number of hydrogen-bond donors (Lipinski definition) is 2. The van der Waals surface area contributed by atoms with Gasteiger partial charge in [-0.25, -0.2) is 4.79 Å². The average Bonchev–Trinajstić information content (AvgIpc) is 2.81. The first-order valence-corrected chi connectivity index (χ1v) is 6.43. The molecule has 0 saturated carbocycles. The number of nitrogens with zero attached hydrogens (tertiary/aromatic N) is 3. The lowest BCUT2D eigenvalue weighted by Gasteiger charge is -2.35. The Labute approximate surface area is 108 Å². The van der Waals surface area contributed by atoms with Crippen molar-refractivity contribution in [3.05, 3.63) is 6.20 Å². The van der Waals surface area contributed by atoms with Crippen molar-refractivity contribution in [3.8, 4) is 0 Å². The number of rotatable bonds is 2. The Morgan fingerprint density at radius 1 is 1.61 bits per heavy atom. The second-order valence-electron chi connectivity index (χ2n) is 4.31. The van der Waals surface area contributed by atoms with Crippen LogP contribution in [0.25, 0.3) is 0 Å². The molecule has 1 aliphatic rings. The summed E-state index contributed by atoms with van der Waals surface area (Å²) in [5, 5.41) is 15.9. The molecule has 0 aliphatic carbocycles. The summed E-state index contributed by atoms with van der Waals surface area (Å²) in [6.45, 7) is 2.32. The summed E-state index contributed by atoms with van der Waals surface area (Å²) in [7, 11) is 0. The molecule has 0 spiro atoms. The highest BCUT2D eigenvalue weighted by atomic mass is 32.1. The molecule has 18 heavy (non-hydrogen) atoms. The van der Waals surface area contributed by atoms with Gasteiger partial charge in [-0.3, -0.25) is 10.1 Å². The minimum atomic E-state index is -0.784. The molecular weight excluding hydrogens is 256 g/mol. The Hall–Kier alpha value is -1.70. The van der Waals surface area contributed by atoms with Crippen molar-refractivity contribution < 1.29 is 14.7 Å². The Morgan fingerprint density at radius 3 is 2.94 bits per heavy atom. The van der Waals surface area contributed by atoms with E-state index < -0.39 is 5.97 Å². The number of carbonyl (C=O) groups excluding carboxylic acids is 1. The van der Waals surface area contributed by atoms with Crippen LogP contribution in [-0.2, 0) is 4.79 Å². The number of likely N-dealkylation sites (tertiary alicyclic amines) is 1. The molecule has 1 aliphatic heterocycles. The van der Waals surface area contributed by atoms with Crippen molar-refractivity contribution in [3.63, 3.8) is 0 Å². The third-order valence-electron chi connectivity index (χ3n) is 3.08. The predicted molar refractivity (Wildman–Crippen MR) is 65.5 cm³/mol. The highest BCUT2D eigenvalue weighted by molar-refractivity contribution is 7.10. The van der Waals surface area contributed by atoms with Crippen LogP contribution in [0.2, 0.25) is 0 Å². The molecule has 1 aromatic rings. The van der Waals surface area contributed by atoms with E-state index in [0.29, 0.717) is 24.4 Å². The van der Waals surface area contributed by atoms with Gasteiger partial charge in [-0.15, -0.1) is 5.10 Å². The number of aliphatic carboxylic acids is 1. The van der Waals surface area contributed by atoms with Gasteiger partial charge in [-0.1, -0.05) is 4.49 Å². The van der Waals surface area contributed by atoms with E-state index in [4.69, 9.17) is 5.11 Å². The zero-order chi connectivity index (χ0) is 13.1. The second-order valence-corrected chi connectivity index (χ2v) is 5.10. The van der Waals surface area contributed by atoms with Crippen molar-refractivity contribution >= 4 is 28.5 Å². The van der Waals surface area contributed by atoms with Crippen LogP contribution in [0.15, 0.2) is 6.20 Å². The molecule has 7 nitrogen and oxygen atoms in total. The molecule has 0 aromatic carbocycles. The Morgan fingerprint density at radius 2 is 2.39 bits per heavy atom. The summed E-state index contributed by atoms with van der Waals surface area (Å²) in [5.41, 5.74) is 0. The van der Waals surface area contributed by atoms with Crippen molar-refractivity contribution in [2.75, 3.05) is 11.9 Å². The maximum Gasteiger partial charge on any atom is 0.322 e. The van der Waals surface area contributed by atoms with Gasteiger partial charge in [0.15, 0.2) is 0 Å². The number of urea groups is 1. The number of amides is 2. The minimum absolute atomic E-state index is 0.0827. The van der Waals surface area contributed by atoms with Crippen LogP contribution in [-0.4, -0.2) is 44.2 Å². The highest BCUT2D eigenvalue weighted by Gasteiger charge is 2.32. The van der Waals surface area contributed by atoms with E-state index >= 15 is 0 Å². The van der Waals surface area contributed by atoms with Crippen LogP contribution < -0.4 is 5.32 Å². The quantitative estimate of drug-likeness (QED) is 0.843. The summed E-state index contributed by atoms with van der Waals surface area (Å²) < 4.78 is 3.66. The van der Waals surface area contributed by atoms with Gasteiger partial charge in [-0.2, -0.15) is 0 Å². The first-order chi connectivity index (χ1) is 8.58. The molecule has 2 heterocycles. The first kappa shape index (κ1) is 12.7. The number of carboxylic acid groups (broad SMARTS) is 1. The fourth-order valence-corrected chi connectivity index (χ4v) is 2.51. The lowest BCUT2D eigenvalue weighted by molar-refractivity contribution is -0.143. The van der Waals surface area contributed by atoms with Gasteiger partial charge in [-0.05, 0) is 19.8 Å². The summed E-state index contributed by atoms with van der Waals surface area (Å²) in [4.78, 5) is 24.5. The highest BCUT2D eigenvalue weighted by Crippen LogP contribution is 2.24. The van der Waals surface area contributed by atoms with Gasteiger partial charge < -0.3 is 10.0 Å². The van der Waals surface area contributed by atoms with Crippen molar-refractivity contribution in [1.82, 2.24) is 14.5 Å². The van der Waals surface area contributed by atoms with E-state index in [-0.39, 0.29) is 18.0 Å². The molecule has 1 aromatic heterocycles. The number of anilines is 1. The van der Waals surface area contributed by atoms with Crippen LogP contribution in [0, 0.1) is 5.92 Å². The molecule has 0 radical (unpaired) electrons. The summed E-state index contributed by atoms with van der Waals surface area (Å²) in [6, 6.07) is -0.307.